The normalized spacial score (nSPS) is 19.6. The molecule has 35 heavy (non-hydrogen) atoms. The predicted molar refractivity (Wildman–Crippen MR) is 131 cm³/mol. The van der Waals surface area contributed by atoms with Gasteiger partial charge in [0.05, 0.1) is 5.52 Å². The standard InChI is InChI=1S/C22H26N2O.C4H6O6/c1-4-17-15-24(5-2)13-11-18(17)14-16(3)22(25)20-10-12-23-21-9-7-6-8-19(20)21;5-1(3(7)8)2(6)4(9)10/h4,6-10,12,17-18H,1,3,5,11,13-15H2,2H3;1-2,5-6H,(H,7,8)(H,9,10)/t17-,18-;/m0./s1. The molecule has 9 nitrogen and oxygen atoms in total. The predicted octanol–water partition coefficient (Wildman–Crippen LogP) is 2.39. The van der Waals surface area contributed by atoms with Crippen molar-refractivity contribution >= 4 is 28.6 Å². The number of hydrogen-bond donors (Lipinski definition) is 4. The number of pyridine rings is 1. The monoisotopic (exact) mass is 484 g/mol. The van der Waals surface area contributed by atoms with E-state index in [4.69, 9.17) is 20.4 Å². The molecule has 2 unspecified atom stereocenters. The molecule has 4 N–H and O–H groups in total. The highest BCUT2D eigenvalue weighted by atomic mass is 16.4. The van der Waals surface area contributed by atoms with Crippen molar-refractivity contribution in [2.45, 2.75) is 32.0 Å². The summed E-state index contributed by atoms with van der Waals surface area (Å²) in [6.45, 7) is 13.5. The van der Waals surface area contributed by atoms with Crippen molar-refractivity contribution in [2.24, 2.45) is 11.8 Å². The number of hydrogen-bond acceptors (Lipinski definition) is 7. The van der Waals surface area contributed by atoms with Crippen molar-refractivity contribution < 1.29 is 34.8 Å². The van der Waals surface area contributed by atoms with E-state index in [9.17, 15) is 14.4 Å². The summed E-state index contributed by atoms with van der Waals surface area (Å²) in [6.07, 6.45) is 1.05. The highest BCUT2D eigenvalue weighted by Gasteiger charge is 2.30. The molecule has 1 fully saturated rings. The van der Waals surface area contributed by atoms with Crippen molar-refractivity contribution in [3.8, 4) is 0 Å². The van der Waals surface area contributed by atoms with E-state index in [0.29, 0.717) is 23.0 Å². The van der Waals surface area contributed by atoms with Gasteiger partial charge in [0, 0.05) is 23.7 Å². The molecule has 9 heteroatoms. The van der Waals surface area contributed by atoms with Crippen LogP contribution in [-0.2, 0) is 9.59 Å². The molecular weight excluding hydrogens is 452 g/mol. The SMILES string of the molecule is C=C[C@H]1CN(CC)CC[C@H]1CC(=C)C(=O)c1ccnc2ccccc12.O=C(O)C(O)C(O)C(=O)O. The molecule has 3 rings (SSSR count). The smallest absolute Gasteiger partial charge is 0.335 e. The number of piperidine rings is 1. The van der Waals surface area contributed by atoms with E-state index in [1.807, 2.05) is 30.3 Å². The number of likely N-dealkylation sites (tertiary alicyclic amines) is 1. The Morgan fingerprint density at radius 1 is 1.14 bits per heavy atom. The van der Waals surface area contributed by atoms with Crippen LogP contribution >= 0.6 is 0 Å². The number of carboxylic acid groups (broad SMARTS) is 2. The minimum Gasteiger partial charge on any atom is -0.479 e. The number of aromatic nitrogens is 1. The third kappa shape index (κ3) is 7.29. The molecule has 1 saturated heterocycles. The average Bonchev–Trinajstić information content (AvgIpc) is 2.87. The zero-order chi connectivity index (χ0) is 26.1. The lowest BCUT2D eigenvalue weighted by Crippen LogP contribution is -2.39. The third-order valence-corrected chi connectivity index (χ3v) is 6.17. The van der Waals surface area contributed by atoms with Crippen LogP contribution in [0, 0.1) is 11.8 Å². The number of para-hydroxylation sites is 1. The summed E-state index contributed by atoms with van der Waals surface area (Å²) < 4.78 is 0. The minimum atomic E-state index is -2.27. The number of ketones is 1. The molecule has 188 valence electrons. The van der Waals surface area contributed by atoms with Gasteiger partial charge in [-0.3, -0.25) is 9.78 Å². The minimum absolute atomic E-state index is 0.0410. The van der Waals surface area contributed by atoms with Crippen molar-refractivity contribution in [2.75, 3.05) is 19.6 Å². The lowest BCUT2D eigenvalue weighted by atomic mass is 9.80. The summed E-state index contributed by atoms with van der Waals surface area (Å²) in [5.41, 5.74) is 2.25. The van der Waals surface area contributed by atoms with E-state index in [2.05, 4.69) is 30.0 Å². The molecule has 0 saturated carbocycles. The van der Waals surface area contributed by atoms with Crippen LogP contribution in [0.5, 0.6) is 0 Å². The Hall–Kier alpha value is -3.40. The first-order valence-corrected chi connectivity index (χ1v) is 11.3. The van der Waals surface area contributed by atoms with Gasteiger partial charge in [-0.1, -0.05) is 37.8 Å². The number of nitrogens with zero attached hydrogens (tertiary/aromatic N) is 2. The number of aliphatic hydroxyl groups is 2. The van der Waals surface area contributed by atoms with Gasteiger partial charge in [-0.2, -0.15) is 0 Å². The van der Waals surface area contributed by atoms with Crippen LogP contribution in [-0.4, -0.2) is 79.9 Å². The summed E-state index contributed by atoms with van der Waals surface area (Å²) in [5.74, 6) is -2.62. The molecule has 0 radical (unpaired) electrons. The number of carbonyl (C=O) groups is 3. The van der Waals surface area contributed by atoms with Gasteiger partial charge >= 0.3 is 11.9 Å². The lowest BCUT2D eigenvalue weighted by molar-refractivity contribution is -0.165. The van der Waals surface area contributed by atoms with Gasteiger partial charge in [-0.05, 0) is 55.5 Å². The number of rotatable bonds is 9. The fraction of sp³-hybridized carbons (Fsp3) is 0.385. The maximum atomic E-state index is 13.0. The van der Waals surface area contributed by atoms with Crippen LogP contribution in [0.15, 0.2) is 61.3 Å². The molecule has 0 aliphatic carbocycles. The highest BCUT2D eigenvalue weighted by molar-refractivity contribution is 6.15. The van der Waals surface area contributed by atoms with Gasteiger partial charge in [-0.15, -0.1) is 6.58 Å². The quantitative estimate of drug-likeness (QED) is 0.239. The largest absolute Gasteiger partial charge is 0.479 e. The molecule has 1 aliphatic rings. The molecule has 2 aromatic rings. The molecule has 0 spiro atoms. The number of aliphatic carboxylic acids is 2. The van der Waals surface area contributed by atoms with Crippen molar-refractivity contribution in [3.05, 3.63) is 66.9 Å². The second-order valence-electron chi connectivity index (χ2n) is 8.42. The Morgan fingerprint density at radius 2 is 1.77 bits per heavy atom. The van der Waals surface area contributed by atoms with Gasteiger partial charge < -0.3 is 25.3 Å². The van der Waals surface area contributed by atoms with Crippen LogP contribution in [0.25, 0.3) is 10.9 Å². The Morgan fingerprint density at radius 3 is 2.34 bits per heavy atom. The molecule has 4 atom stereocenters. The topological polar surface area (TPSA) is 148 Å². The number of carboxylic acids is 2. The van der Waals surface area contributed by atoms with E-state index in [0.717, 1.165) is 43.4 Å². The second-order valence-corrected chi connectivity index (χ2v) is 8.42. The first kappa shape index (κ1) is 27.8. The number of aliphatic hydroxyl groups excluding tert-OH is 2. The van der Waals surface area contributed by atoms with Gasteiger partial charge in [0.1, 0.15) is 0 Å². The highest BCUT2D eigenvalue weighted by Crippen LogP contribution is 2.31. The third-order valence-electron chi connectivity index (χ3n) is 6.17. The van der Waals surface area contributed by atoms with Crippen LogP contribution in [0.4, 0.5) is 0 Å². The Kier molecular flexibility index (Phi) is 10.3. The number of fused-ring (bicyclic) bond motifs is 1. The van der Waals surface area contributed by atoms with Crippen LogP contribution in [0.1, 0.15) is 30.1 Å². The molecule has 1 aromatic carbocycles. The van der Waals surface area contributed by atoms with Crippen LogP contribution in [0.2, 0.25) is 0 Å². The molecule has 2 heterocycles. The summed E-state index contributed by atoms with van der Waals surface area (Å²) in [5, 5.41) is 33.4. The number of Topliss-reactive ketones (excluding diaryl/α,β-unsaturated/α-hetero) is 1. The number of carbonyl (C=O) groups excluding carboxylic acids is 1. The lowest BCUT2D eigenvalue weighted by Gasteiger charge is -2.37. The summed E-state index contributed by atoms with van der Waals surface area (Å²) in [6, 6.07) is 9.57. The van der Waals surface area contributed by atoms with Crippen LogP contribution in [0.3, 0.4) is 0 Å². The Labute approximate surface area is 204 Å². The van der Waals surface area contributed by atoms with E-state index in [-0.39, 0.29) is 5.78 Å². The molecular formula is C26H32N2O7. The van der Waals surface area contributed by atoms with Gasteiger partial charge in [0.25, 0.3) is 0 Å². The average molecular weight is 485 g/mol. The van der Waals surface area contributed by atoms with E-state index in [1.165, 1.54) is 0 Å². The first-order chi connectivity index (χ1) is 16.6. The van der Waals surface area contributed by atoms with Gasteiger partial charge in [0.2, 0.25) is 0 Å². The van der Waals surface area contributed by atoms with E-state index < -0.39 is 24.1 Å². The van der Waals surface area contributed by atoms with E-state index >= 15 is 0 Å². The summed E-state index contributed by atoms with van der Waals surface area (Å²) >= 11 is 0. The number of benzene rings is 1. The fourth-order valence-corrected chi connectivity index (χ4v) is 4.07. The van der Waals surface area contributed by atoms with Crippen molar-refractivity contribution in [1.82, 2.24) is 9.88 Å². The maximum absolute atomic E-state index is 13.0. The van der Waals surface area contributed by atoms with E-state index in [1.54, 1.807) is 12.3 Å². The molecule has 1 aliphatic heterocycles. The summed E-state index contributed by atoms with van der Waals surface area (Å²) in [4.78, 5) is 39.3. The zero-order valence-electron chi connectivity index (χ0n) is 19.7. The molecule has 0 amide bonds. The zero-order valence-corrected chi connectivity index (χ0v) is 19.7. The fourth-order valence-electron chi connectivity index (χ4n) is 4.07. The first-order valence-electron chi connectivity index (χ1n) is 11.3. The molecule has 1 aromatic heterocycles. The Balaban J connectivity index is 0.000000367. The second kappa shape index (κ2) is 12.9. The molecule has 0 bridgehead atoms. The van der Waals surface area contributed by atoms with Gasteiger partial charge in [0.15, 0.2) is 18.0 Å². The number of allylic oxidation sites excluding steroid dienone is 1. The Bertz CT molecular complexity index is 1060. The summed E-state index contributed by atoms with van der Waals surface area (Å²) in [7, 11) is 0. The maximum Gasteiger partial charge on any atom is 0.335 e. The van der Waals surface area contributed by atoms with Gasteiger partial charge in [-0.25, -0.2) is 9.59 Å². The van der Waals surface area contributed by atoms with Crippen LogP contribution < -0.4 is 0 Å². The van der Waals surface area contributed by atoms with Crippen molar-refractivity contribution in [1.29, 1.82) is 0 Å². The van der Waals surface area contributed by atoms with Crippen molar-refractivity contribution in [3.63, 3.8) is 0 Å².